The van der Waals surface area contributed by atoms with Crippen LogP contribution in [-0.4, -0.2) is 36.7 Å². The zero-order chi connectivity index (χ0) is 17.1. The summed E-state index contributed by atoms with van der Waals surface area (Å²) in [6.45, 7) is 4.64. The van der Waals surface area contributed by atoms with E-state index in [4.69, 9.17) is 0 Å². The summed E-state index contributed by atoms with van der Waals surface area (Å²) in [6, 6.07) is 0.160. The van der Waals surface area contributed by atoms with Crippen LogP contribution in [0.3, 0.4) is 0 Å². The van der Waals surface area contributed by atoms with Gasteiger partial charge < -0.3 is 5.32 Å². The summed E-state index contributed by atoms with van der Waals surface area (Å²) in [7, 11) is 1.83. The van der Waals surface area contributed by atoms with Crippen LogP contribution in [-0.2, 0) is 13.6 Å². The topological polar surface area (TPSA) is 77.6 Å². The zero-order valence-electron chi connectivity index (χ0n) is 14.4. The lowest BCUT2D eigenvalue weighted by atomic mass is 10.0. The van der Waals surface area contributed by atoms with E-state index in [1.54, 1.807) is 4.68 Å². The maximum Gasteiger partial charge on any atom is 0.272 e. The van der Waals surface area contributed by atoms with E-state index in [9.17, 15) is 4.79 Å². The fourth-order valence-corrected chi connectivity index (χ4v) is 3.40. The van der Waals surface area contributed by atoms with Gasteiger partial charge in [0.2, 0.25) is 0 Å². The maximum atomic E-state index is 12.5. The summed E-state index contributed by atoms with van der Waals surface area (Å²) < 4.78 is 3.55. The minimum absolute atomic E-state index is 0.0850. The minimum atomic E-state index is -0.0850. The maximum absolute atomic E-state index is 12.5. The molecule has 128 valence electrons. The third-order valence-corrected chi connectivity index (χ3v) is 4.52. The average molecular weight is 328 g/mol. The third-order valence-electron chi connectivity index (χ3n) is 4.52. The van der Waals surface area contributed by atoms with E-state index in [2.05, 4.69) is 20.7 Å². The lowest BCUT2D eigenvalue weighted by molar-refractivity contribution is 0.0918. The highest BCUT2D eigenvalue weighted by Gasteiger charge is 2.30. The second-order valence-corrected chi connectivity index (χ2v) is 6.47. The molecule has 7 heteroatoms. The fourth-order valence-electron chi connectivity index (χ4n) is 3.40. The van der Waals surface area contributed by atoms with Crippen molar-refractivity contribution in [2.24, 2.45) is 13.0 Å². The largest absolute Gasteiger partial charge is 0.348 e. The highest BCUT2D eigenvalue weighted by Crippen LogP contribution is 2.27. The number of carbonyl (C=O) groups is 1. The molecule has 2 aromatic heterocycles. The Morgan fingerprint density at radius 3 is 2.96 bits per heavy atom. The third kappa shape index (κ3) is 3.55. The summed E-state index contributed by atoms with van der Waals surface area (Å²) in [6.07, 6.45) is 10.9. The first-order chi connectivity index (χ1) is 11.6. The quantitative estimate of drug-likeness (QED) is 0.910. The number of amides is 1. The Balaban J connectivity index is 1.64. The Morgan fingerprint density at radius 1 is 1.42 bits per heavy atom. The summed E-state index contributed by atoms with van der Waals surface area (Å²) in [5.74, 6) is 0.288. The van der Waals surface area contributed by atoms with E-state index in [0.29, 0.717) is 11.6 Å². The molecule has 24 heavy (non-hydrogen) atoms. The lowest BCUT2D eigenvalue weighted by Crippen LogP contribution is -2.39. The minimum Gasteiger partial charge on any atom is -0.348 e. The van der Waals surface area contributed by atoms with Crippen LogP contribution < -0.4 is 5.32 Å². The van der Waals surface area contributed by atoms with Crippen molar-refractivity contribution in [2.75, 3.05) is 0 Å². The second kappa shape index (κ2) is 6.98. The van der Waals surface area contributed by atoms with Crippen LogP contribution in [0.1, 0.15) is 47.9 Å². The Morgan fingerprint density at radius 2 is 2.25 bits per heavy atom. The molecular weight excluding hydrogens is 304 g/mol. The molecule has 7 nitrogen and oxygen atoms in total. The van der Waals surface area contributed by atoms with Gasteiger partial charge in [-0.3, -0.25) is 14.2 Å². The molecule has 0 bridgehead atoms. The molecule has 1 aliphatic rings. The second-order valence-electron chi connectivity index (χ2n) is 6.47. The van der Waals surface area contributed by atoms with E-state index in [0.717, 1.165) is 37.1 Å². The van der Waals surface area contributed by atoms with Crippen molar-refractivity contribution in [1.29, 1.82) is 0 Å². The zero-order valence-corrected chi connectivity index (χ0v) is 14.4. The van der Waals surface area contributed by atoms with Crippen molar-refractivity contribution < 1.29 is 4.79 Å². The molecule has 0 aromatic carbocycles. The molecule has 0 aliphatic heterocycles. The molecule has 2 atom stereocenters. The molecule has 1 saturated carbocycles. The van der Waals surface area contributed by atoms with Gasteiger partial charge in [-0.1, -0.05) is 17.7 Å². The van der Waals surface area contributed by atoms with Gasteiger partial charge in [0, 0.05) is 31.4 Å². The van der Waals surface area contributed by atoms with Crippen molar-refractivity contribution in [3.05, 3.63) is 35.4 Å². The Hall–Kier alpha value is -2.44. The Bertz CT molecular complexity index is 744. The van der Waals surface area contributed by atoms with Crippen molar-refractivity contribution in [2.45, 2.75) is 45.7 Å². The summed E-state index contributed by atoms with van der Waals surface area (Å²) in [5, 5.41) is 15.7. The van der Waals surface area contributed by atoms with Gasteiger partial charge >= 0.3 is 0 Å². The van der Waals surface area contributed by atoms with Gasteiger partial charge in [-0.15, -0.1) is 5.10 Å². The summed E-state index contributed by atoms with van der Waals surface area (Å²) >= 11 is 0. The van der Waals surface area contributed by atoms with Gasteiger partial charge in [0.05, 0.1) is 6.20 Å². The number of hydrogen-bond acceptors (Lipinski definition) is 4. The average Bonchev–Trinajstić information content (AvgIpc) is 3.23. The standard InChI is InChI=1S/C17H24N6O/c1-4-6-14-11-23(21-19-14)10-13-7-5-8-15(13)18-17(24)16-12(2)9-22(3)20-16/h4,6,9,11,13,15H,5,7-8,10H2,1-3H3,(H,18,24)/b6-4+/t13-,15-/m0/s1. The molecular formula is C17H24N6O. The van der Waals surface area contributed by atoms with Crippen LogP contribution in [0.2, 0.25) is 0 Å². The van der Waals surface area contributed by atoms with E-state index >= 15 is 0 Å². The predicted octanol–water partition coefficient (Wildman–Crippen LogP) is 1.95. The van der Waals surface area contributed by atoms with Gasteiger partial charge in [0.15, 0.2) is 5.69 Å². The van der Waals surface area contributed by atoms with Gasteiger partial charge in [-0.05, 0) is 38.7 Å². The SMILES string of the molecule is C/C=C/c1cn(C[C@@H]2CCC[C@@H]2NC(=O)c2nn(C)cc2C)nn1. The van der Waals surface area contributed by atoms with Gasteiger partial charge in [0.1, 0.15) is 5.69 Å². The Labute approximate surface area is 141 Å². The normalized spacial score (nSPS) is 20.8. The number of allylic oxidation sites excluding steroid dienone is 1. The fraction of sp³-hybridized carbons (Fsp3) is 0.529. The lowest BCUT2D eigenvalue weighted by Gasteiger charge is -2.20. The molecule has 3 rings (SSSR count). The van der Waals surface area contributed by atoms with E-state index < -0.39 is 0 Å². The molecule has 1 amide bonds. The number of carbonyl (C=O) groups excluding carboxylic acids is 1. The number of nitrogens with one attached hydrogen (secondary N) is 1. The van der Waals surface area contributed by atoms with Crippen LogP contribution in [0, 0.1) is 12.8 Å². The molecule has 2 heterocycles. The monoisotopic (exact) mass is 328 g/mol. The molecule has 2 aromatic rings. The molecule has 1 aliphatic carbocycles. The summed E-state index contributed by atoms with van der Waals surface area (Å²) in [4.78, 5) is 12.5. The number of aromatic nitrogens is 5. The van der Waals surface area contributed by atoms with Crippen LogP contribution in [0.5, 0.6) is 0 Å². The first-order valence-corrected chi connectivity index (χ1v) is 8.40. The highest BCUT2D eigenvalue weighted by atomic mass is 16.2. The summed E-state index contributed by atoms with van der Waals surface area (Å²) in [5.41, 5.74) is 2.27. The van der Waals surface area contributed by atoms with Gasteiger partial charge in [0.25, 0.3) is 5.91 Å². The van der Waals surface area contributed by atoms with Crippen LogP contribution in [0.25, 0.3) is 6.08 Å². The number of hydrogen-bond donors (Lipinski definition) is 1. The van der Waals surface area contributed by atoms with Crippen LogP contribution >= 0.6 is 0 Å². The predicted molar refractivity (Wildman–Crippen MR) is 91.3 cm³/mol. The van der Waals surface area contributed by atoms with E-state index in [-0.39, 0.29) is 11.9 Å². The van der Waals surface area contributed by atoms with E-state index in [1.165, 1.54) is 0 Å². The number of rotatable bonds is 5. The van der Waals surface area contributed by atoms with Crippen LogP contribution in [0.15, 0.2) is 18.5 Å². The molecule has 1 N–H and O–H groups in total. The van der Waals surface area contributed by atoms with E-state index in [1.807, 2.05) is 50.1 Å². The van der Waals surface area contributed by atoms with Crippen molar-refractivity contribution in [1.82, 2.24) is 30.1 Å². The van der Waals surface area contributed by atoms with Crippen molar-refractivity contribution in [3.63, 3.8) is 0 Å². The number of aryl methyl sites for hydroxylation is 2. The molecule has 0 saturated heterocycles. The number of nitrogens with zero attached hydrogens (tertiary/aromatic N) is 5. The molecule has 0 spiro atoms. The molecule has 0 radical (unpaired) electrons. The first-order valence-electron chi connectivity index (χ1n) is 8.40. The first kappa shape index (κ1) is 16.4. The molecule has 0 unspecified atom stereocenters. The van der Waals surface area contributed by atoms with Crippen LogP contribution in [0.4, 0.5) is 0 Å². The van der Waals surface area contributed by atoms with Crippen molar-refractivity contribution >= 4 is 12.0 Å². The van der Waals surface area contributed by atoms with Gasteiger partial charge in [-0.2, -0.15) is 5.10 Å². The highest BCUT2D eigenvalue weighted by molar-refractivity contribution is 5.93. The molecule has 1 fully saturated rings. The smallest absolute Gasteiger partial charge is 0.272 e. The van der Waals surface area contributed by atoms with Gasteiger partial charge in [-0.25, -0.2) is 0 Å². The Kier molecular flexibility index (Phi) is 4.78. The van der Waals surface area contributed by atoms with Crippen molar-refractivity contribution in [3.8, 4) is 0 Å².